The van der Waals surface area contributed by atoms with Crippen LogP contribution in [0.3, 0.4) is 0 Å². The van der Waals surface area contributed by atoms with Crippen molar-refractivity contribution in [2.45, 2.75) is 39.5 Å². The molecule has 4 aromatic heterocycles. The molecule has 0 bridgehead atoms. The van der Waals surface area contributed by atoms with Crippen LogP contribution in [0.4, 0.5) is 23.0 Å². The fraction of sp³-hybridized carbons (Fsp3) is 0.211. The number of carbonyl (C=O) groups excluding carboxylic acids is 2. The first-order valence-corrected chi connectivity index (χ1v) is 17.6. The molecule has 17 heteroatoms. The Morgan fingerprint density at radius 1 is 0.636 bits per heavy atom. The maximum atomic E-state index is 12.2. The summed E-state index contributed by atoms with van der Waals surface area (Å²) in [6.45, 7) is 4.55. The van der Waals surface area contributed by atoms with Crippen LogP contribution in [0.15, 0.2) is 106 Å². The van der Waals surface area contributed by atoms with Crippen molar-refractivity contribution < 1.29 is 45.8 Å². The second-order valence-electron chi connectivity index (χ2n) is 11.4. The molecule has 0 saturated heterocycles. The van der Waals surface area contributed by atoms with Crippen LogP contribution in [0.2, 0.25) is 10.3 Å². The molecule has 0 aliphatic heterocycles. The molecule has 284 valence electrons. The Morgan fingerprint density at radius 3 is 1.42 bits per heavy atom. The van der Waals surface area contributed by atoms with Crippen molar-refractivity contribution in [2.75, 3.05) is 13.2 Å². The number of esters is 2. The molecule has 0 saturated carbocycles. The van der Waals surface area contributed by atoms with Crippen molar-refractivity contribution in [2.24, 2.45) is 20.5 Å². The molecule has 0 radical (unpaired) electrons. The van der Waals surface area contributed by atoms with E-state index in [1.807, 2.05) is 13.8 Å². The van der Waals surface area contributed by atoms with E-state index in [1.54, 1.807) is 48.8 Å². The van der Waals surface area contributed by atoms with Crippen LogP contribution in [0, 0.1) is 0 Å². The summed E-state index contributed by atoms with van der Waals surface area (Å²) in [7, 11) is 0. The topological polar surface area (TPSA) is 200 Å². The van der Waals surface area contributed by atoms with E-state index in [0.29, 0.717) is 23.0 Å². The minimum Gasteiger partial charge on any atom is -0.872 e. The first kappa shape index (κ1) is 42.1. The number of benzene rings is 2. The zero-order valence-electron chi connectivity index (χ0n) is 29.4. The van der Waals surface area contributed by atoms with E-state index < -0.39 is 11.9 Å². The number of ether oxygens (including phenoxy) is 2. The monoisotopic (exact) mass is 824 g/mol. The molecule has 0 atom stereocenters. The summed E-state index contributed by atoms with van der Waals surface area (Å²) in [5.41, 5.74) is 1.33. The van der Waals surface area contributed by atoms with Gasteiger partial charge >= 0.3 is 28.4 Å². The largest absolute Gasteiger partial charge is 2.00 e. The van der Waals surface area contributed by atoms with Crippen LogP contribution in [0.25, 0.3) is 21.8 Å². The zero-order chi connectivity index (χ0) is 38.5. The van der Waals surface area contributed by atoms with Gasteiger partial charge in [0.15, 0.2) is 11.6 Å². The second kappa shape index (κ2) is 20.7. The van der Waals surface area contributed by atoms with Gasteiger partial charge in [-0.1, -0.05) is 85.7 Å². The molecule has 0 aliphatic rings. The van der Waals surface area contributed by atoms with Gasteiger partial charge in [0, 0.05) is 12.4 Å². The zero-order valence-corrected chi connectivity index (χ0v) is 31.9. The molecule has 6 rings (SSSR count). The normalized spacial score (nSPS) is 11.0. The minimum absolute atomic E-state index is 0. The van der Waals surface area contributed by atoms with Gasteiger partial charge in [0.05, 0.1) is 35.4 Å². The number of carbonyl (C=O) groups is 2. The molecule has 14 nitrogen and oxygen atoms in total. The molecule has 0 aliphatic carbocycles. The van der Waals surface area contributed by atoms with Crippen molar-refractivity contribution in [3.8, 4) is 11.5 Å². The van der Waals surface area contributed by atoms with Gasteiger partial charge in [-0.3, -0.25) is 0 Å². The van der Waals surface area contributed by atoms with Crippen LogP contribution < -0.4 is 10.2 Å². The fourth-order valence-corrected chi connectivity index (χ4v) is 5.08. The van der Waals surface area contributed by atoms with E-state index in [1.165, 1.54) is 36.4 Å². The summed E-state index contributed by atoms with van der Waals surface area (Å²) in [6, 6.07) is 19.0. The number of halogens is 2. The molecule has 55 heavy (non-hydrogen) atoms. The van der Waals surface area contributed by atoms with Gasteiger partial charge < -0.3 is 19.7 Å². The van der Waals surface area contributed by atoms with E-state index in [2.05, 4.69) is 40.4 Å². The van der Waals surface area contributed by atoms with E-state index in [4.69, 9.17) is 32.7 Å². The van der Waals surface area contributed by atoms with Crippen LogP contribution in [-0.4, -0.2) is 45.1 Å². The average Bonchev–Trinajstić information content (AvgIpc) is 3.18. The van der Waals surface area contributed by atoms with Gasteiger partial charge in [0.1, 0.15) is 21.7 Å². The summed E-state index contributed by atoms with van der Waals surface area (Å²) in [5.74, 6) is -0.981. The minimum atomic E-state index is -0.609. The van der Waals surface area contributed by atoms with Gasteiger partial charge in [-0.15, -0.1) is 20.5 Å². The Bertz CT molecular complexity index is 2160. The predicted molar refractivity (Wildman–Crippen MR) is 200 cm³/mol. The van der Waals surface area contributed by atoms with Crippen LogP contribution in [0.5, 0.6) is 11.5 Å². The van der Waals surface area contributed by atoms with Crippen molar-refractivity contribution in [1.82, 2.24) is 19.9 Å². The van der Waals surface area contributed by atoms with Crippen LogP contribution >= 0.6 is 23.2 Å². The molecular formula is C38H32Cl2N8NiO6. The molecule has 0 fully saturated rings. The van der Waals surface area contributed by atoms with Crippen molar-refractivity contribution in [1.29, 1.82) is 0 Å². The quantitative estimate of drug-likeness (QED) is 0.0376. The van der Waals surface area contributed by atoms with E-state index >= 15 is 0 Å². The maximum absolute atomic E-state index is 12.2. The predicted octanol–water partition coefficient (Wildman–Crippen LogP) is 9.46. The van der Waals surface area contributed by atoms with Gasteiger partial charge in [-0.25, -0.2) is 29.5 Å². The fourth-order valence-electron chi connectivity index (χ4n) is 4.65. The van der Waals surface area contributed by atoms with Gasteiger partial charge in [-0.05, 0) is 72.1 Å². The number of hydrogen-bond donors (Lipinski definition) is 0. The molecule has 0 unspecified atom stereocenters. The Morgan fingerprint density at radius 2 is 1.05 bits per heavy atom. The molecule has 0 N–H and O–H groups in total. The standard InChI is InChI=1S/2C19H17ClN4O3.Ni/c2*1-2-3-10-27-19(26)13-11-12-15(25)8-7-14(17(12)22-18(13)20)23-24-16-6-4-5-9-21-16;/h2*4-9,11,25H,2-3,10H2,1H3;/q;;+2/p-2. The number of fused-ring (bicyclic) bond motifs is 2. The Kier molecular flexibility index (Phi) is 15.9. The Labute approximate surface area is 335 Å². The first-order valence-electron chi connectivity index (χ1n) is 16.8. The average molecular weight is 826 g/mol. The van der Waals surface area contributed by atoms with Gasteiger partial charge in [0.25, 0.3) is 0 Å². The smallest absolute Gasteiger partial charge is 0.872 e. The number of unbranched alkanes of at least 4 members (excludes halogenated alkanes) is 2. The summed E-state index contributed by atoms with van der Waals surface area (Å²) in [5, 5.41) is 41.1. The Balaban J connectivity index is 0.000000240. The summed E-state index contributed by atoms with van der Waals surface area (Å²) < 4.78 is 10.3. The van der Waals surface area contributed by atoms with E-state index in [9.17, 15) is 19.8 Å². The van der Waals surface area contributed by atoms with Crippen LogP contribution in [0.1, 0.15) is 60.2 Å². The first-order chi connectivity index (χ1) is 26.2. The second-order valence-corrected chi connectivity index (χ2v) is 12.1. The molecule has 0 spiro atoms. The van der Waals surface area contributed by atoms with Crippen molar-refractivity contribution in [3.63, 3.8) is 0 Å². The maximum Gasteiger partial charge on any atom is 2.00 e. The van der Waals surface area contributed by atoms with E-state index in [-0.39, 0.29) is 84.4 Å². The number of pyridine rings is 4. The number of hydrogen-bond acceptors (Lipinski definition) is 14. The number of rotatable bonds is 12. The SMILES string of the molecule is CCCCOC(=O)c1cc2c([O-])ccc(N=Nc3ccccn3)c2nc1Cl.CCCCOC(=O)c1cc2c([O-])ccc(N=Nc3ccccn3)c2nc1Cl.[Ni+2]. The number of aromatic nitrogens is 4. The van der Waals surface area contributed by atoms with Crippen molar-refractivity contribution >= 4 is 80.0 Å². The van der Waals surface area contributed by atoms with E-state index in [0.717, 1.165) is 25.7 Å². The molecule has 2 aromatic carbocycles. The molecule has 0 amide bonds. The third-order valence-electron chi connectivity index (χ3n) is 7.47. The molecule has 6 aromatic rings. The summed E-state index contributed by atoms with van der Waals surface area (Å²) in [6.07, 6.45) is 6.47. The third-order valence-corrected chi connectivity index (χ3v) is 8.05. The molecule has 4 heterocycles. The Hall–Kier alpha value is -5.63. The van der Waals surface area contributed by atoms with Gasteiger partial charge in [-0.2, -0.15) is 0 Å². The summed E-state index contributed by atoms with van der Waals surface area (Å²) in [4.78, 5) is 40.9. The van der Waals surface area contributed by atoms with Crippen molar-refractivity contribution in [3.05, 3.63) is 107 Å². The van der Waals surface area contributed by atoms with Crippen LogP contribution in [-0.2, 0) is 26.0 Å². The van der Waals surface area contributed by atoms with Gasteiger partial charge in [0.2, 0.25) is 0 Å². The molecular weight excluding hydrogens is 794 g/mol. The summed E-state index contributed by atoms with van der Waals surface area (Å²) >= 11 is 12.3. The third kappa shape index (κ3) is 11.2. The number of nitrogens with zero attached hydrogens (tertiary/aromatic N) is 8. The number of azo groups is 2.